The molecule has 1 aromatic rings. The van der Waals surface area contributed by atoms with E-state index in [1.54, 1.807) is 0 Å². The molecule has 8 nitrogen and oxygen atoms in total. The first-order valence-electron chi connectivity index (χ1n) is 8.10. The van der Waals surface area contributed by atoms with Crippen LogP contribution in [0.2, 0.25) is 0 Å². The van der Waals surface area contributed by atoms with Crippen LogP contribution in [0.4, 0.5) is 0 Å². The van der Waals surface area contributed by atoms with Gasteiger partial charge in [-0.2, -0.15) is 0 Å². The van der Waals surface area contributed by atoms with Gasteiger partial charge < -0.3 is 23.7 Å². The molecule has 26 heavy (non-hydrogen) atoms. The van der Waals surface area contributed by atoms with Crippen molar-refractivity contribution in [3.63, 3.8) is 0 Å². The van der Waals surface area contributed by atoms with Crippen molar-refractivity contribution in [1.29, 1.82) is 0 Å². The van der Waals surface area contributed by atoms with Gasteiger partial charge in [0.15, 0.2) is 0 Å². The molecule has 8 heteroatoms. The molecular weight excluding hydrogens is 344 g/mol. The molecule has 0 amide bonds. The quantitative estimate of drug-likeness (QED) is 0.527. The number of carbonyl (C=O) groups is 3. The average Bonchev–Trinajstić information content (AvgIpc) is 2.85. The Morgan fingerprint density at radius 2 is 1.69 bits per heavy atom. The van der Waals surface area contributed by atoms with Gasteiger partial charge in [-0.05, 0) is 5.56 Å². The van der Waals surface area contributed by atoms with Gasteiger partial charge in [0, 0.05) is 20.8 Å². The Hall–Kier alpha value is -2.45. The predicted molar refractivity (Wildman–Crippen MR) is 87.7 cm³/mol. The van der Waals surface area contributed by atoms with Crippen molar-refractivity contribution in [3.8, 4) is 0 Å². The Morgan fingerprint density at radius 3 is 2.27 bits per heavy atom. The zero-order valence-electron chi connectivity index (χ0n) is 14.9. The number of rotatable bonds is 7. The van der Waals surface area contributed by atoms with E-state index in [9.17, 15) is 14.4 Å². The van der Waals surface area contributed by atoms with Gasteiger partial charge >= 0.3 is 17.9 Å². The van der Waals surface area contributed by atoms with Gasteiger partial charge in [0.2, 0.25) is 18.0 Å². The molecule has 0 aromatic heterocycles. The largest absolute Gasteiger partial charge is 0.451 e. The second-order valence-electron chi connectivity index (χ2n) is 5.96. The SMILES string of the molecule is CC(=O)O[C@@H]1OCC(COCc2ccccc2)(OC(C)=O)[C@H]1OC(C)=O. The third kappa shape index (κ3) is 5.27. The smallest absolute Gasteiger partial charge is 0.305 e. The highest BCUT2D eigenvalue weighted by Crippen LogP contribution is 2.33. The number of carbonyl (C=O) groups excluding carboxylic acids is 3. The van der Waals surface area contributed by atoms with Gasteiger partial charge in [-0.25, -0.2) is 0 Å². The molecule has 3 atom stereocenters. The van der Waals surface area contributed by atoms with Crippen LogP contribution in [-0.2, 0) is 44.7 Å². The first-order valence-corrected chi connectivity index (χ1v) is 8.10. The summed E-state index contributed by atoms with van der Waals surface area (Å²) in [6.07, 6.45) is -2.32. The van der Waals surface area contributed by atoms with Gasteiger partial charge in [0.05, 0.1) is 19.8 Å². The van der Waals surface area contributed by atoms with Gasteiger partial charge in [-0.15, -0.1) is 0 Å². The number of esters is 3. The van der Waals surface area contributed by atoms with Crippen LogP contribution >= 0.6 is 0 Å². The van der Waals surface area contributed by atoms with Crippen molar-refractivity contribution < 1.29 is 38.1 Å². The fourth-order valence-electron chi connectivity index (χ4n) is 2.68. The van der Waals surface area contributed by atoms with Crippen LogP contribution < -0.4 is 0 Å². The normalized spacial score (nSPS) is 24.7. The van der Waals surface area contributed by atoms with Crippen LogP contribution in [0.5, 0.6) is 0 Å². The summed E-state index contributed by atoms with van der Waals surface area (Å²) in [6.45, 7) is 3.64. The standard InChI is InChI=1S/C18H22O8/c1-12(19)24-16-17(25-13(2)20)23-11-18(16,26-14(3)21)10-22-9-15-7-5-4-6-8-15/h4-8,16-17H,9-11H2,1-3H3/t16-,17-,18?/m0/s1. The zero-order chi connectivity index (χ0) is 19.2. The van der Waals surface area contributed by atoms with Crippen molar-refractivity contribution in [3.05, 3.63) is 35.9 Å². The van der Waals surface area contributed by atoms with E-state index in [1.165, 1.54) is 20.8 Å². The van der Waals surface area contributed by atoms with Crippen LogP contribution in [0.1, 0.15) is 26.3 Å². The first-order chi connectivity index (χ1) is 12.3. The minimum Gasteiger partial charge on any atom is -0.451 e. The van der Waals surface area contributed by atoms with E-state index in [-0.39, 0.29) is 19.8 Å². The van der Waals surface area contributed by atoms with E-state index >= 15 is 0 Å². The fraction of sp³-hybridized carbons (Fsp3) is 0.500. The molecule has 2 rings (SSSR count). The van der Waals surface area contributed by atoms with E-state index in [1.807, 2.05) is 30.3 Å². The van der Waals surface area contributed by atoms with Crippen LogP contribution in [0, 0.1) is 0 Å². The molecular formula is C18H22O8. The van der Waals surface area contributed by atoms with Crippen molar-refractivity contribution in [2.75, 3.05) is 13.2 Å². The lowest BCUT2D eigenvalue weighted by Gasteiger charge is -2.32. The summed E-state index contributed by atoms with van der Waals surface area (Å²) in [6, 6.07) is 9.40. The van der Waals surface area contributed by atoms with E-state index in [2.05, 4.69) is 0 Å². The summed E-state index contributed by atoms with van der Waals surface area (Å²) < 4.78 is 26.8. The van der Waals surface area contributed by atoms with E-state index in [0.717, 1.165) is 5.56 Å². The first kappa shape index (κ1) is 19.9. The minimum atomic E-state index is -1.41. The summed E-state index contributed by atoms with van der Waals surface area (Å²) in [5.41, 5.74) is -0.489. The Balaban J connectivity index is 2.16. The Bertz CT molecular complexity index is 644. The molecule has 0 bridgehead atoms. The van der Waals surface area contributed by atoms with Crippen molar-refractivity contribution in [1.82, 2.24) is 0 Å². The van der Waals surface area contributed by atoms with Gasteiger partial charge in [0.25, 0.3) is 0 Å². The molecule has 0 aliphatic carbocycles. The molecule has 0 radical (unpaired) electrons. The zero-order valence-corrected chi connectivity index (χ0v) is 14.9. The van der Waals surface area contributed by atoms with Crippen molar-refractivity contribution in [2.45, 2.75) is 45.4 Å². The van der Waals surface area contributed by atoms with Crippen molar-refractivity contribution in [2.24, 2.45) is 0 Å². The summed E-state index contributed by atoms with van der Waals surface area (Å²) in [7, 11) is 0. The molecule has 0 N–H and O–H groups in total. The second kappa shape index (κ2) is 8.77. The number of hydrogen-bond acceptors (Lipinski definition) is 8. The van der Waals surface area contributed by atoms with Crippen LogP contribution in [-0.4, -0.2) is 49.1 Å². The summed E-state index contributed by atoms with van der Waals surface area (Å²) in [5.74, 6) is -1.84. The van der Waals surface area contributed by atoms with Gasteiger partial charge in [0.1, 0.15) is 0 Å². The second-order valence-corrected chi connectivity index (χ2v) is 5.96. The maximum Gasteiger partial charge on any atom is 0.305 e. The van der Waals surface area contributed by atoms with Crippen LogP contribution in [0.25, 0.3) is 0 Å². The topological polar surface area (TPSA) is 97.4 Å². The predicted octanol–water partition coefficient (Wildman–Crippen LogP) is 1.36. The molecule has 1 aliphatic heterocycles. The lowest BCUT2D eigenvalue weighted by atomic mass is 10.00. The highest BCUT2D eigenvalue weighted by atomic mass is 16.7. The highest BCUT2D eigenvalue weighted by molar-refractivity contribution is 5.68. The molecule has 1 aromatic carbocycles. The maximum atomic E-state index is 11.6. The van der Waals surface area contributed by atoms with E-state index in [0.29, 0.717) is 0 Å². The third-order valence-electron chi connectivity index (χ3n) is 3.64. The Labute approximate surface area is 151 Å². The maximum absolute atomic E-state index is 11.6. The number of hydrogen-bond donors (Lipinski definition) is 0. The van der Waals surface area contributed by atoms with Crippen LogP contribution in [0.3, 0.4) is 0 Å². The Kier molecular flexibility index (Phi) is 6.70. The Morgan fingerprint density at radius 1 is 1.04 bits per heavy atom. The lowest BCUT2D eigenvalue weighted by Crippen LogP contribution is -2.53. The molecule has 142 valence electrons. The lowest BCUT2D eigenvalue weighted by molar-refractivity contribution is -0.204. The monoisotopic (exact) mass is 366 g/mol. The van der Waals surface area contributed by atoms with Crippen molar-refractivity contribution >= 4 is 17.9 Å². The van der Waals surface area contributed by atoms with Crippen LogP contribution in [0.15, 0.2) is 30.3 Å². The fourth-order valence-corrected chi connectivity index (χ4v) is 2.68. The molecule has 1 aliphatic rings. The molecule has 1 saturated heterocycles. The van der Waals surface area contributed by atoms with E-state index in [4.69, 9.17) is 23.7 Å². The molecule has 1 heterocycles. The molecule has 0 saturated carbocycles. The summed E-state index contributed by atoms with van der Waals surface area (Å²) >= 11 is 0. The van der Waals surface area contributed by atoms with Gasteiger partial charge in [-0.1, -0.05) is 30.3 Å². The number of benzene rings is 1. The van der Waals surface area contributed by atoms with Gasteiger partial charge in [-0.3, -0.25) is 14.4 Å². The summed E-state index contributed by atoms with van der Waals surface area (Å²) in [5, 5.41) is 0. The molecule has 1 unspecified atom stereocenters. The average molecular weight is 366 g/mol. The minimum absolute atomic E-state index is 0.100. The summed E-state index contributed by atoms with van der Waals surface area (Å²) in [4.78, 5) is 34.4. The number of ether oxygens (including phenoxy) is 5. The highest BCUT2D eigenvalue weighted by Gasteiger charge is 2.57. The molecule has 0 spiro atoms. The van der Waals surface area contributed by atoms with E-state index < -0.39 is 35.9 Å². The third-order valence-corrected chi connectivity index (χ3v) is 3.64. The molecule has 1 fully saturated rings.